The molecule has 2 fully saturated rings. The van der Waals surface area contributed by atoms with Gasteiger partial charge in [0.05, 0.1) is 11.4 Å². The Bertz CT molecular complexity index is 1330. The van der Waals surface area contributed by atoms with E-state index in [-0.39, 0.29) is 23.9 Å². The van der Waals surface area contributed by atoms with E-state index >= 15 is 0 Å². The number of halogens is 2. The average molecular weight is 498 g/mol. The number of hydrogen-bond donors (Lipinski definition) is 0. The smallest absolute Gasteiger partial charge is 0.294 e. The second-order valence-corrected chi connectivity index (χ2v) is 9.69. The van der Waals surface area contributed by atoms with E-state index in [0.717, 1.165) is 46.0 Å². The quantitative estimate of drug-likeness (QED) is 0.458. The Hall–Kier alpha value is -3.10. The summed E-state index contributed by atoms with van der Waals surface area (Å²) in [7, 11) is 0. The van der Waals surface area contributed by atoms with Crippen LogP contribution in [0, 0.1) is 5.82 Å². The zero-order valence-electron chi connectivity index (χ0n) is 18.2. The number of hydrogen-bond acceptors (Lipinski definition) is 4. The molecule has 0 N–H and O–H groups in total. The normalized spacial score (nSPS) is 17.5. The predicted molar refractivity (Wildman–Crippen MR) is 131 cm³/mol. The Balaban J connectivity index is 1.44. The van der Waals surface area contributed by atoms with Gasteiger partial charge in [-0.15, -0.1) is 0 Å². The van der Waals surface area contributed by atoms with Gasteiger partial charge in [-0.3, -0.25) is 19.3 Å². The van der Waals surface area contributed by atoms with Gasteiger partial charge >= 0.3 is 0 Å². The van der Waals surface area contributed by atoms with Crippen LogP contribution in [0.3, 0.4) is 0 Å². The van der Waals surface area contributed by atoms with Gasteiger partial charge in [-0.1, -0.05) is 35.9 Å². The summed E-state index contributed by atoms with van der Waals surface area (Å²) in [6, 6.07) is 12.1. The molecule has 0 atom stereocenters. The lowest BCUT2D eigenvalue weighted by molar-refractivity contribution is -0.135. The van der Waals surface area contributed by atoms with Crippen molar-refractivity contribution >= 4 is 57.4 Å². The van der Waals surface area contributed by atoms with Gasteiger partial charge in [-0.05, 0) is 48.9 Å². The fraction of sp³-hybridized carbons (Fsp3) is 0.240. The summed E-state index contributed by atoms with van der Waals surface area (Å²) in [6.07, 6.45) is 5.36. The first-order chi connectivity index (χ1) is 16.4. The summed E-state index contributed by atoms with van der Waals surface area (Å²) < 4.78 is 16.3. The third-order valence-electron chi connectivity index (χ3n) is 6.12. The molecule has 0 unspecified atom stereocenters. The molecule has 2 aromatic carbocycles. The topological polar surface area (TPSA) is 62.6 Å². The van der Waals surface area contributed by atoms with Crippen LogP contribution in [0.1, 0.15) is 24.0 Å². The lowest BCUT2D eigenvalue weighted by Gasteiger charge is -2.18. The molecule has 2 aliphatic rings. The van der Waals surface area contributed by atoms with E-state index in [9.17, 15) is 18.8 Å². The third-order valence-corrected chi connectivity index (χ3v) is 7.38. The van der Waals surface area contributed by atoms with E-state index in [4.69, 9.17) is 11.6 Å². The Labute approximate surface area is 204 Å². The minimum atomic E-state index is -0.475. The van der Waals surface area contributed by atoms with Crippen molar-refractivity contribution in [1.82, 2.24) is 14.4 Å². The first-order valence-electron chi connectivity index (χ1n) is 11.0. The van der Waals surface area contributed by atoms with Gasteiger partial charge in [-0.2, -0.15) is 0 Å². The van der Waals surface area contributed by atoms with Crippen LogP contribution < -0.4 is 0 Å². The molecule has 9 heteroatoms. The first kappa shape index (κ1) is 22.7. The summed E-state index contributed by atoms with van der Waals surface area (Å²) in [5, 5.41) is 0.740. The van der Waals surface area contributed by atoms with E-state index in [1.165, 1.54) is 6.07 Å². The minimum Gasteiger partial charge on any atom is -0.342 e. The number of thioether (sulfide) groups is 1. The molecule has 0 saturated carbocycles. The molecule has 174 valence electrons. The van der Waals surface area contributed by atoms with Gasteiger partial charge in [0.15, 0.2) is 0 Å². The molecule has 3 heterocycles. The number of imide groups is 1. The van der Waals surface area contributed by atoms with Gasteiger partial charge in [-0.25, -0.2) is 4.39 Å². The zero-order chi connectivity index (χ0) is 23.8. The molecule has 34 heavy (non-hydrogen) atoms. The molecule has 2 aliphatic heterocycles. The molecule has 3 amide bonds. The summed E-state index contributed by atoms with van der Waals surface area (Å²) in [4.78, 5) is 40.9. The second-order valence-electron chi connectivity index (χ2n) is 8.29. The average Bonchev–Trinajstić information content (AvgIpc) is 3.53. The van der Waals surface area contributed by atoms with Crippen molar-refractivity contribution in [2.24, 2.45) is 0 Å². The van der Waals surface area contributed by atoms with Crippen LogP contribution in [-0.2, 0) is 16.1 Å². The van der Waals surface area contributed by atoms with Crippen molar-refractivity contribution < 1.29 is 18.8 Å². The van der Waals surface area contributed by atoms with Crippen molar-refractivity contribution in [3.63, 3.8) is 0 Å². The number of carbonyl (C=O) groups is 3. The summed E-state index contributed by atoms with van der Waals surface area (Å²) in [5.74, 6) is -1.08. The van der Waals surface area contributed by atoms with Gasteiger partial charge in [0.2, 0.25) is 5.91 Å². The van der Waals surface area contributed by atoms with Crippen LogP contribution in [0.15, 0.2) is 53.6 Å². The molecule has 0 aliphatic carbocycles. The molecule has 0 radical (unpaired) electrons. The lowest BCUT2D eigenvalue weighted by atomic mass is 10.1. The molecular weight excluding hydrogens is 477 g/mol. The van der Waals surface area contributed by atoms with E-state index in [0.29, 0.717) is 23.7 Å². The van der Waals surface area contributed by atoms with E-state index in [1.807, 2.05) is 35.0 Å². The number of nitrogens with zero attached hydrogens (tertiary/aromatic N) is 3. The van der Waals surface area contributed by atoms with Crippen molar-refractivity contribution in [1.29, 1.82) is 0 Å². The SMILES string of the molecule is O=C(CN1C(=O)S/C(=C\c2cn(Cc3c(F)cccc3Cl)c3ccccc23)C1=O)N1CCCC1. The van der Waals surface area contributed by atoms with Crippen LogP contribution in [0.5, 0.6) is 0 Å². The maximum atomic E-state index is 14.4. The number of benzene rings is 2. The van der Waals surface area contributed by atoms with Crippen molar-refractivity contribution in [2.75, 3.05) is 19.6 Å². The van der Waals surface area contributed by atoms with Crippen LogP contribution in [0.25, 0.3) is 17.0 Å². The Morgan fingerprint density at radius 2 is 1.85 bits per heavy atom. The summed E-state index contributed by atoms with van der Waals surface area (Å²) in [6.45, 7) is 1.30. The number of rotatable bonds is 5. The molecular formula is C25H21ClFN3O3S. The number of para-hydroxylation sites is 1. The minimum absolute atomic E-state index is 0.209. The first-order valence-corrected chi connectivity index (χ1v) is 12.2. The highest BCUT2D eigenvalue weighted by Crippen LogP contribution is 2.34. The molecule has 3 aromatic rings. The Kier molecular flexibility index (Phi) is 6.18. The lowest BCUT2D eigenvalue weighted by Crippen LogP contribution is -2.40. The van der Waals surface area contributed by atoms with Crippen LogP contribution in [0.4, 0.5) is 9.18 Å². The maximum absolute atomic E-state index is 14.4. The largest absolute Gasteiger partial charge is 0.342 e. The molecule has 1 aromatic heterocycles. The number of fused-ring (bicyclic) bond motifs is 1. The zero-order valence-corrected chi connectivity index (χ0v) is 19.7. The number of carbonyl (C=O) groups excluding carboxylic acids is 3. The fourth-order valence-electron chi connectivity index (χ4n) is 4.35. The van der Waals surface area contributed by atoms with E-state index in [1.54, 1.807) is 23.1 Å². The summed E-state index contributed by atoms with van der Waals surface area (Å²) in [5.41, 5.74) is 1.94. The van der Waals surface area contributed by atoms with Crippen LogP contribution in [-0.4, -0.2) is 51.1 Å². The van der Waals surface area contributed by atoms with Crippen molar-refractivity contribution in [3.05, 3.63) is 75.5 Å². The number of amides is 3. The molecule has 0 bridgehead atoms. The highest BCUT2D eigenvalue weighted by Gasteiger charge is 2.37. The molecule has 0 spiro atoms. The number of likely N-dealkylation sites (tertiary alicyclic amines) is 1. The summed E-state index contributed by atoms with van der Waals surface area (Å²) >= 11 is 7.05. The van der Waals surface area contributed by atoms with Crippen LogP contribution >= 0.6 is 23.4 Å². The van der Waals surface area contributed by atoms with Gasteiger partial charge in [0.25, 0.3) is 11.1 Å². The van der Waals surface area contributed by atoms with Gasteiger partial charge < -0.3 is 9.47 Å². The monoisotopic (exact) mass is 497 g/mol. The van der Waals surface area contributed by atoms with E-state index < -0.39 is 17.0 Å². The maximum Gasteiger partial charge on any atom is 0.294 e. The van der Waals surface area contributed by atoms with Crippen molar-refractivity contribution in [3.8, 4) is 0 Å². The third kappa shape index (κ3) is 4.23. The van der Waals surface area contributed by atoms with Crippen LogP contribution in [0.2, 0.25) is 5.02 Å². The fourth-order valence-corrected chi connectivity index (χ4v) is 5.41. The predicted octanol–water partition coefficient (Wildman–Crippen LogP) is 5.14. The molecule has 5 rings (SSSR count). The van der Waals surface area contributed by atoms with Crippen molar-refractivity contribution in [2.45, 2.75) is 19.4 Å². The second kappa shape index (κ2) is 9.27. The standard InChI is InChI=1S/C25H21ClFN3O3S/c26-19-7-5-8-20(27)18(19)14-29-13-16(17-6-1-2-9-21(17)29)12-22-24(32)30(25(33)34-22)15-23(31)28-10-3-4-11-28/h1-2,5-9,12-13H,3-4,10-11,14-15H2/b22-12-. The Morgan fingerprint density at radius 1 is 1.09 bits per heavy atom. The highest BCUT2D eigenvalue weighted by molar-refractivity contribution is 8.18. The van der Waals surface area contributed by atoms with Gasteiger partial charge in [0, 0.05) is 46.3 Å². The Morgan fingerprint density at radius 3 is 2.62 bits per heavy atom. The molecule has 6 nitrogen and oxygen atoms in total. The number of aromatic nitrogens is 1. The van der Waals surface area contributed by atoms with E-state index in [2.05, 4.69) is 0 Å². The van der Waals surface area contributed by atoms with Gasteiger partial charge in [0.1, 0.15) is 12.4 Å². The highest BCUT2D eigenvalue weighted by atomic mass is 35.5. The molecule has 2 saturated heterocycles.